The predicted octanol–water partition coefficient (Wildman–Crippen LogP) is 5.02. The lowest BCUT2D eigenvalue weighted by Gasteiger charge is -2.08. The topological polar surface area (TPSA) is 28.7 Å². The van der Waals surface area contributed by atoms with Crippen LogP contribution in [0, 0.1) is 4.64 Å². The number of hydrogen-bond acceptors (Lipinski definition) is 2. The summed E-state index contributed by atoms with van der Waals surface area (Å²) in [6.07, 6.45) is 3.17. The van der Waals surface area contributed by atoms with Crippen molar-refractivity contribution < 1.29 is 0 Å². The molecule has 0 spiro atoms. The summed E-state index contributed by atoms with van der Waals surface area (Å²) < 4.78 is 1.58. The molecule has 3 rings (SSSR count). The SMILES string of the molecule is S=c1nc(Cc2cccc(Cl)c2)[nH]c(C2CC2)c1Br. The van der Waals surface area contributed by atoms with Gasteiger partial charge in [0.15, 0.2) is 0 Å². The Labute approximate surface area is 130 Å². The van der Waals surface area contributed by atoms with Crippen molar-refractivity contribution in [2.75, 3.05) is 0 Å². The summed E-state index contributed by atoms with van der Waals surface area (Å²) in [5.74, 6) is 1.51. The molecule has 0 atom stereocenters. The van der Waals surface area contributed by atoms with Gasteiger partial charge in [-0.05, 0) is 46.5 Å². The molecule has 0 unspecified atom stereocenters. The van der Waals surface area contributed by atoms with Gasteiger partial charge in [-0.2, -0.15) is 0 Å². The van der Waals surface area contributed by atoms with Gasteiger partial charge in [0.2, 0.25) is 0 Å². The molecule has 1 heterocycles. The normalized spacial score (nSPS) is 14.6. The van der Waals surface area contributed by atoms with Gasteiger partial charge >= 0.3 is 0 Å². The van der Waals surface area contributed by atoms with Crippen LogP contribution in [0.3, 0.4) is 0 Å². The number of nitrogens with one attached hydrogen (secondary N) is 1. The first kappa shape index (κ1) is 13.3. The largest absolute Gasteiger partial charge is 0.346 e. The Morgan fingerprint density at radius 2 is 2.21 bits per heavy atom. The third-order valence-electron chi connectivity index (χ3n) is 3.19. The van der Waals surface area contributed by atoms with E-state index in [1.807, 2.05) is 24.3 Å². The maximum atomic E-state index is 6.00. The van der Waals surface area contributed by atoms with Crippen molar-refractivity contribution in [3.05, 3.63) is 55.5 Å². The molecule has 98 valence electrons. The van der Waals surface area contributed by atoms with Gasteiger partial charge < -0.3 is 4.98 Å². The average molecular weight is 356 g/mol. The Bertz CT molecular complexity index is 679. The van der Waals surface area contributed by atoms with E-state index in [9.17, 15) is 0 Å². The van der Waals surface area contributed by atoms with E-state index in [-0.39, 0.29) is 0 Å². The van der Waals surface area contributed by atoms with E-state index >= 15 is 0 Å². The molecule has 0 radical (unpaired) electrons. The quantitative estimate of drug-likeness (QED) is 0.783. The van der Waals surface area contributed by atoms with Crippen LogP contribution in [-0.2, 0) is 6.42 Å². The van der Waals surface area contributed by atoms with Crippen molar-refractivity contribution in [1.82, 2.24) is 9.97 Å². The summed E-state index contributed by atoms with van der Waals surface area (Å²) in [4.78, 5) is 7.85. The van der Waals surface area contributed by atoms with Crippen LogP contribution in [-0.4, -0.2) is 9.97 Å². The van der Waals surface area contributed by atoms with E-state index in [1.54, 1.807) is 0 Å². The standard InChI is InChI=1S/C14H12BrClN2S/c15-12-13(9-4-5-9)17-11(18-14(12)19)7-8-2-1-3-10(16)6-8/h1-3,6,9H,4-5,7H2,(H,17,18,19). The highest BCUT2D eigenvalue weighted by atomic mass is 79.9. The molecule has 1 N–H and O–H groups in total. The molecular weight excluding hydrogens is 344 g/mol. The molecule has 1 saturated carbocycles. The lowest BCUT2D eigenvalue weighted by molar-refractivity contribution is 0.883. The lowest BCUT2D eigenvalue weighted by Crippen LogP contribution is -2.02. The highest BCUT2D eigenvalue weighted by Crippen LogP contribution is 2.42. The Balaban J connectivity index is 1.95. The first-order valence-electron chi connectivity index (χ1n) is 6.16. The highest BCUT2D eigenvalue weighted by Gasteiger charge is 2.27. The Hall–Kier alpha value is -0.710. The van der Waals surface area contributed by atoms with Gasteiger partial charge in [-0.25, -0.2) is 4.98 Å². The fourth-order valence-electron chi connectivity index (χ4n) is 2.10. The average Bonchev–Trinajstić information content (AvgIpc) is 3.18. The van der Waals surface area contributed by atoms with Crippen molar-refractivity contribution in [2.24, 2.45) is 0 Å². The molecule has 1 aliphatic carbocycles. The van der Waals surface area contributed by atoms with E-state index in [0.29, 0.717) is 10.6 Å². The minimum absolute atomic E-state index is 0.609. The van der Waals surface area contributed by atoms with Crippen LogP contribution in [0.5, 0.6) is 0 Å². The second-order valence-electron chi connectivity index (χ2n) is 4.80. The van der Waals surface area contributed by atoms with Gasteiger partial charge in [0, 0.05) is 23.1 Å². The minimum atomic E-state index is 0.609. The summed E-state index contributed by atoms with van der Waals surface area (Å²) in [5.41, 5.74) is 2.33. The maximum Gasteiger partial charge on any atom is 0.144 e. The number of nitrogens with zero attached hydrogens (tertiary/aromatic N) is 1. The zero-order valence-electron chi connectivity index (χ0n) is 10.1. The number of aromatic nitrogens is 2. The van der Waals surface area contributed by atoms with Gasteiger partial charge in [0.05, 0.1) is 4.47 Å². The smallest absolute Gasteiger partial charge is 0.144 e. The second kappa shape index (κ2) is 5.35. The zero-order chi connectivity index (χ0) is 13.4. The summed E-state index contributed by atoms with van der Waals surface area (Å²) in [6.45, 7) is 0. The third kappa shape index (κ3) is 3.07. The number of halogens is 2. The van der Waals surface area contributed by atoms with E-state index in [4.69, 9.17) is 23.8 Å². The fraction of sp³-hybridized carbons (Fsp3) is 0.286. The summed E-state index contributed by atoms with van der Waals surface area (Å²) in [7, 11) is 0. The Kier molecular flexibility index (Phi) is 3.74. The van der Waals surface area contributed by atoms with Gasteiger partial charge in [0.25, 0.3) is 0 Å². The number of hydrogen-bond donors (Lipinski definition) is 1. The number of aromatic amines is 1. The third-order valence-corrected chi connectivity index (χ3v) is 4.78. The molecule has 0 amide bonds. The molecule has 1 aromatic carbocycles. The van der Waals surface area contributed by atoms with Gasteiger partial charge in [0.1, 0.15) is 10.5 Å². The van der Waals surface area contributed by atoms with Crippen molar-refractivity contribution in [2.45, 2.75) is 25.2 Å². The fourth-order valence-corrected chi connectivity index (χ4v) is 3.05. The van der Waals surface area contributed by atoms with Crippen LogP contribution in [0.25, 0.3) is 0 Å². The zero-order valence-corrected chi connectivity index (χ0v) is 13.3. The van der Waals surface area contributed by atoms with Gasteiger partial charge in [-0.15, -0.1) is 0 Å². The molecule has 2 aromatic rings. The van der Waals surface area contributed by atoms with Crippen LogP contribution in [0.15, 0.2) is 28.7 Å². The van der Waals surface area contributed by atoms with Gasteiger partial charge in [-0.1, -0.05) is 36.0 Å². The van der Waals surface area contributed by atoms with Crippen LogP contribution in [0.1, 0.15) is 35.8 Å². The summed E-state index contributed by atoms with van der Waals surface area (Å²) >= 11 is 14.8. The number of H-pyrrole nitrogens is 1. The maximum absolute atomic E-state index is 6.00. The van der Waals surface area contributed by atoms with Crippen molar-refractivity contribution in [1.29, 1.82) is 0 Å². The first-order valence-corrected chi connectivity index (χ1v) is 7.74. The monoisotopic (exact) mass is 354 g/mol. The van der Waals surface area contributed by atoms with Crippen LogP contribution >= 0.6 is 39.7 Å². The molecule has 1 aliphatic rings. The van der Waals surface area contributed by atoms with E-state index in [2.05, 4.69) is 25.9 Å². The van der Waals surface area contributed by atoms with E-state index in [1.165, 1.54) is 18.5 Å². The lowest BCUT2D eigenvalue weighted by atomic mass is 10.1. The molecular formula is C14H12BrClN2S. The van der Waals surface area contributed by atoms with Crippen LogP contribution in [0.4, 0.5) is 0 Å². The molecule has 2 nitrogen and oxygen atoms in total. The van der Waals surface area contributed by atoms with Crippen LogP contribution < -0.4 is 0 Å². The molecule has 1 fully saturated rings. The van der Waals surface area contributed by atoms with E-state index < -0.39 is 0 Å². The molecule has 1 aromatic heterocycles. The minimum Gasteiger partial charge on any atom is -0.346 e. The second-order valence-corrected chi connectivity index (χ2v) is 6.41. The van der Waals surface area contributed by atoms with Crippen molar-refractivity contribution in [3.63, 3.8) is 0 Å². The predicted molar refractivity (Wildman–Crippen MR) is 83.4 cm³/mol. The molecule has 0 bridgehead atoms. The van der Waals surface area contributed by atoms with Gasteiger partial charge in [-0.3, -0.25) is 0 Å². The van der Waals surface area contributed by atoms with Crippen LogP contribution in [0.2, 0.25) is 5.02 Å². The highest BCUT2D eigenvalue weighted by molar-refractivity contribution is 9.10. The first-order chi connectivity index (χ1) is 9.13. The number of rotatable bonds is 3. The van der Waals surface area contributed by atoms with Crippen molar-refractivity contribution >= 4 is 39.7 Å². The number of benzene rings is 1. The molecule has 0 aliphatic heterocycles. The molecule has 19 heavy (non-hydrogen) atoms. The molecule has 0 saturated heterocycles. The summed E-state index contributed by atoms with van der Waals surface area (Å²) in [5, 5.41) is 0.746. The van der Waals surface area contributed by atoms with E-state index in [0.717, 1.165) is 27.3 Å². The summed E-state index contributed by atoms with van der Waals surface area (Å²) in [6, 6.07) is 7.83. The van der Waals surface area contributed by atoms with Crippen molar-refractivity contribution in [3.8, 4) is 0 Å². The molecule has 5 heteroatoms. The Morgan fingerprint density at radius 3 is 2.89 bits per heavy atom. The Morgan fingerprint density at radius 1 is 1.42 bits per heavy atom.